The predicted molar refractivity (Wildman–Crippen MR) is 87.3 cm³/mol. The van der Waals surface area contributed by atoms with Gasteiger partial charge in [0.1, 0.15) is 5.82 Å². The maximum absolute atomic E-state index is 13.0. The lowest BCUT2D eigenvalue weighted by Gasteiger charge is -2.33. The molecule has 23 heavy (non-hydrogen) atoms. The zero-order chi connectivity index (χ0) is 17.0. The molecule has 1 aromatic rings. The normalized spacial score (nSPS) is 16.8. The van der Waals surface area contributed by atoms with E-state index in [0.717, 1.165) is 12.8 Å². The Morgan fingerprint density at radius 3 is 2.17 bits per heavy atom. The lowest BCUT2D eigenvalue weighted by molar-refractivity contribution is -0.136. The summed E-state index contributed by atoms with van der Waals surface area (Å²) >= 11 is 0. The quantitative estimate of drug-likeness (QED) is 0.774. The molecule has 0 unspecified atom stereocenters. The Balaban J connectivity index is 2.03. The molecule has 0 spiro atoms. The minimum Gasteiger partial charge on any atom is -0.342 e. The van der Waals surface area contributed by atoms with E-state index >= 15 is 0 Å². The van der Waals surface area contributed by atoms with Crippen LogP contribution in [0, 0.1) is 11.7 Å². The van der Waals surface area contributed by atoms with E-state index in [9.17, 15) is 17.6 Å². The monoisotopic (exact) mass is 341 g/mol. The standard InChI is InChI=1S/C17H24FNO3S/c1-3-13(4-2)17(20)19-11-9-16(10-12-19)23(21,22)15-7-5-14(18)6-8-15/h5-8,13,16H,3-4,9-12H2,1-2H3. The Bertz CT molecular complexity index is 630. The van der Waals surface area contributed by atoms with Crippen molar-refractivity contribution in [3.05, 3.63) is 30.1 Å². The first kappa shape index (κ1) is 17.9. The number of likely N-dealkylation sites (tertiary alicyclic amines) is 1. The Morgan fingerprint density at radius 1 is 1.17 bits per heavy atom. The maximum Gasteiger partial charge on any atom is 0.225 e. The molecule has 1 aliphatic rings. The van der Waals surface area contributed by atoms with Gasteiger partial charge < -0.3 is 4.90 Å². The number of benzene rings is 1. The highest BCUT2D eigenvalue weighted by Gasteiger charge is 2.33. The molecule has 0 saturated carbocycles. The molecule has 1 saturated heterocycles. The van der Waals surface area contributed by atoms with Crippen molar-refractivity contribution in [3.8, 4) is 0 Å². The van der Waals surface area contributed by atoms with Gasteiger partial charge in [0.2, 0.25) is 5.91 Å². The zero-order valence-corrected chi connectivity index (χ0v) is 14.5. The van der Waals surface area contributed by atoms with Gasteiger partial charge in [-0.05, 0) is 49.9 Å². The molecule has 0 bridgehead atoms. The lowest BCUT2D eigenvalue weighted by Crippen LogP contribution is -2.44. The number of amides is 1. The van der Waals surface area contributed by atoms with Gasteiger partial charge in [-0.15, -0.1) is 0 Å². The summed E-state index contributed by atoms with van der Waals surface area (Å²) in [7, 11) is -3.46. The first-order valence-corrected chi connectivity index (χ1v) is 9.73. The zero-order valence-electron chi connectivity index (χ0n) is 13.7. The van der Waals surface area contributed by atoms with E-state index in [1.165, 1.54) is 24.3 Å². The minimum atomic E-state index is -3.46. The highest BCUT2D eigenvalue weighted by atomic mass is 32.2. The number of carbonyl (C=O) groups is 1. The molecule has 0 aliphatic carbocycles. The smallest absolute Gasteiger partial charge is 0.225 e. The molecule has 1 fully saturated rings. The Morgan fingerprint density at radius 2 is 1.70 bits per heavy atom. The fraction of sp³-hybridized carbons (Fsp3) is 0.588. The number of hydrogen-bond donors (Lipinski definition) is 0. The summed E-state index contributed by atoms with van der Waals surface area (Å²) in [6, 6.07) is 4.95. The average molecular weight is 341 g/mol. The van der Waals surface area contributed by atoms with Crippen LogP contribution in [0.2, 0.25) is 0 Å². The van der Waals surface area contributed by atoms with Crippen molar-refractivity contribution in [1.29, 1.82) is 0 Å². The molecule has 1 aromatic carbocycles. The van der Waals surface area contributed by atoms with E-state index in [1.807, 2.05) is 13.8 Å². The number of nitrogens with zero attached hydrogens (tertiary/aromatic N) is 1. The van der Waals surface area contributed by atoms with Crippen molar-refractivity contribution in [2.75, 3.05) is 13.1 Å². The van der Waals surface area contributed by atoms with Crippen LogP contribution in [0.15, 0.2) is 29.2 Å². The van der Waals surface area contributed by atoms with Crippen LogP contribution in [-0.2, 0) is 14.6 Å². The Kier molecular flexibility index (Phi) is 5.79. The fourth-order valence-electron chi connectivity index (χ4n) is 3.10. The van der Waals surface area contributed by atoms with Gasteiger partial charge in [0.05, 0.1) is 10.1 Å². The summed E-state index contributed by atoms with van der Waals surface area (Å²) in [5.41, 5.74) is 0. The van der Waals surface area contributed by atoms with Crippen molar-refractivity contribution in [2.45, 2.75) is 49.7 Å². The molecule has 2 rings (SSSR count). The van der Waals surface area contributed by atoms with Gasteiger partial charge >= 0.3 is 0 Å². The summed E-state index contributed by atoms with van der Waals surface area (Å²) < 4.78 is 38.2. The number of halogens is 1. The first-order valence-electron chi connectivity index (χ1n) is 8.18. The fourth-order valence-corrected chi connectivity index (χ4v) is 4.83. The molecule has 128 valence electrons. The molecule has 4 nitrogen and oxygen atoms in total. The number of carbonyl (C=O) groups excluding carboxylic acids is 1. The molecular formula is C17H24FNO3S. The predicted octanol–water partition coefficient (Wildman–Crippen LogP) is 3.03. The van der Waals surface area contributed by atoms with Gasteiger partial charge in [0, 0.05) is 19.0 Å². The van der Waals surface area contributed by atoms with Crippen LogP contribution in [-0.4, -0.2) is 37.6 Å². The highest BCUT2D eigenvalue weighted by Crippen LogP contribution is 2.26. The number of hydrogen-bond acceptors (Lipinski definition) is 3. The van der Waals surface area contributed by atoms with Crippen molar-refractivity contribution < 1.29 is 17.6 Å². The van der Waals surface area contributed by atoms with E-state index in [4.69, 9.17) is 0 Å². The highest BCUT2D eigenvalue weighted by molar-refractivity contribution is 7.92. The van der Waals surface area contributed by atoms with Crippen molar-refractivity contribution in [3.63, 3.8) is 0 Å². The SMILES string of the molecule is CCC(CC)C(=O)N1CCC(S(=O)(=O)c2ccc(F)cc2)CC1. The van der Waals surface area contributed by atoms with Gasteiger partial charge in [0.25, 0.3) is 0 Å². The molecular weight excluding hydrogens is 317 g/mol. The van der Waals surface area contributed by atoms with Crippen LogP contribution in [0.3, 0.4) is 0 Å². The van der Waals surface area contributed by atoms with Gasteiger partial charge in [-0.3, -0.25) is 4.79 Å². The molecule has 1 aliphatic heterocycles. The Hall–Kier alpha value is -1.43. The lowest BCUT2D eigenvalue weighted by atomic mass is 10.00. The number of sulfone groups is 1. The first-order chi connectivity index (χ1) is 10.9. The largest absolute Gasteiger partial charge is 0.342 e. The molecule has 0 radical (unpaired) electrons. The van der Waals surface area contributed by atoms with E-state index in [1.54, 1.807) is 4.90 Å². The van der Waals surface area contributed by atoms with E-state index < -0.39 is 20.9 Å². The molecule has 1 heterocycles. The van der Waals surface area contributed by atoms with Gasteiger partial charge in [-0.25, -0.2) is 12.8 Å². The van der Waals surface area contributed by atoms with E-state index in [2.05, 4.69) is 0 Å². The second kappa shape index (κ2) is 7.43. The maximum atomic E-state index is 13.0. The third-order valence-corrected chi connectivity index (χ3v) is 6.95. The molecule has 0 aromatic heterocycles. The molecule has 0 N–H and O–H groups in total. The van der Waals surface area contributed by atoms with Crippen LogP contribution in [0.4, 0.5) is 4.39 Å². The van der Waals surface area contributed by atoms with Crippen molar-refractivity contribution >= 4 is 15.7 Å². The van der Waals surface area contributed by atoms with Crippen LogP contribution < -0.4 is 0 Å². The third kappa shape index (κ3) is 3.91. The third-order valence-electron chi connectivity index (χ3n) is 4.67. The second-order valence-electron chi connectivity index (χ2n) is 6.04. The molecule has 6 heteroatoms. The van der Waals surface area contributed by atoms with Crippen LogP contribution in [0.25, 0.3) is 0 Å². The molecule has 0 atom stereocenters. The van der Waals surface area contributed by atoms with E-state index in [0.29, 0.717) is 25.9 Å². The molecule has 1 amide bonds. The van der Waals surface area contributed by atoms with Crippen LogP contribution in [0.5, 0.6) is 0 Å². The average Bonchev–Trinajstić information content (AvgIpc) is 2.56. The van der Waals surface area contributed by atoms with Crippen LogP contribution >= 0.6 is 0 Å². The minimum absolute atomic E-state index is 0.0280. The number of rotatable bonds is 5. The summed E-state index contributed by atoms with van der Waals surface area (Å²) in [4.78, 5) is 14.3. The van der Waals surface area contributed by atoms with E-state index in [-0.39, 0.29) is 16.7 Å². The number of piperidine rings is 1. The second-order valence-corrected chi connectivity index (χ2v) is 8.27. The van der Waals surface area contributed by atoms with Gasteiger partial charge in [0.15, 0.2) is 9.84 Å². The van der Waals surface area contributed by atoms with Crippen LogP contribution in [0.1, 0.15) is 39.5 Å². The summed E-state index contributed by atoms with van der Waals surface area (Å²) in [5, 5.41) is -0.501. The van der Waals surface area contributed by atoms with Gasteiger partial charge in [-0.1, -0.05) is 13.8 Å². The topological polar surface area (TPSA) is 54.5 Å². The van der Waals surface area contributed by atoms with Crippen molar-refractivity contribution in [1.82, 2.24) is 4.90 Å². The summed E-state index contributed by atoms with van der Waals surface area (Å²) in [6.45, 7) is 4.94. The Labute approximate surface area is 137 Å². The van der Waals surface area contributed by atoms with Crippen molar-refractivity contribution in [2.24, 2.45) is 5.92 Å². The summed E-state index contributed by atoms with van der Waals surface area (Å²) in [5.74, 6) is -0.289. The summed E-state index contributed by atoms with van der Waals surface area (Å²) in [6.07, 6.45) is 2.49. The van der Waals surface area contributed by atoms with Gasteiger partial charge in [-0.2, -0.15) is 0 Å².